The highest BCUT2D eigenvalue weighted by atomic mass is 16.3. The highest BCUT2D eigenvalue weighted by molar-refractivity contribution is 5.99. The molecule has 4 aliphatic rings. The molecule has 4 aliphatic carbocycles. The van der Waals surface area contributed by atoms with Crippen molar-refractivity contribution in [2.24, 2.45) is 34.5 Å². The van der Waals surface area contributed by atoms with Gasteiger partial charge in [0, 0.05) is 6.42 Å². The number of hydrogen-bond acceptors (Lipinski definition) is 3. The number of hydrogen-bond donors (Lipinski definition) is 2. The van der Waals surface area contributed by atoms with E-state index < -0.39 is 12.2 Å². The number of carbonyl (C=O) groups is 1. The Balaban J connectivity index is 1.67. The van der Waals surface area contributed by atoms with Gasteiger partial charge in [0.25, 0.3) is 0 Å². The van der Waals surface area contributed by atoms with E-state index in [0.29, 0.717) is 23.5 Å². The lowest BCUT2D eigenvalue weighted by molar-refractivity contribution is -0.169. The highest BCUT2D eigenvalue weighted by Crippen LogP contribution is 2.66. The molecule has 0 aromatic rings. The van der Waals surface area contributed by atoms with Gasteiger partial charge in [-0.25, -0.2) is 0 Å². The molecule has 0 saturated heterocycles. The van der Waals surface area contributed by atoms with Crippen molar-refractivity contribution in [1.29, 1.82) is 0 Å². The zero-order chi connectivity index (χ0) is 17.3. The molecule has 0 aromatic carbocycles. The summed E-state index contributed by atoms with van der Waals surface area (Å²) in [7, 11) is 0. The molecule has 4 rings (SSSR count). The fraction of sp³-hybridized carbons (Fsp3) is 0.857. The van der Waals surface area contributed by atoms with Crippen molar-refractivity contribution in [2.75, 3.05) is 0 Å². The second-order valence-corrected chi connectivity index (χ2v) is 9.45. The van der Waals surface area contributed by atoms with Gasteiger partial charge < -0.3 is 10.2 Å². The number of aliphatic hydroxyl groups excluding tert-OH is 2. The summed E-state index contributed by atoms with van der Waals surface area (Å²) in [5.74, 6) is 2.29. The second-order valence-electron chi connectivity index (χ2n) is 9.45. The first-order chi connectivity index (χ1) is 11.3. The Morgan fingerprint density at radius 2 is 1.75 bits per heavy atom. The molecule has 4 fully saturated rings. The lowest BCUT2D eigenvalue weighted by atomic mass is 9.44. The number of rotatable bonds is 0. The van der Waals surface area contributed by atoms with Crippen molar-refractivity contribution in [3.63, 3.8) is 0 Å². The van der Waals surface area contributed by atoms with Crippen molar-refractivity contribution in [3.8, 4) is 0 Å². The summed E-state index contributed by atoms with van der Waals surface area (Å²) in [6, 6.07) is 0. The molecule has 0 radical (unpaired) electrons. The van der Waals surface area contributed by atoms with Gasteiger partial charge in [-0.05, 0) is 85.5 Å². The van der Waals surface area contributed by atoms with Crippen LogP contribution < -0.4 is 0 Å². The van der Waals surface area contributed by atoms with Crippen LogP contribution in [0.25, 0.3) is 0 Å². The summed E-state index contributed by atoms with van der Waals surface area (Å²) in [4.78, 5) is 12.6. The summed E-state index contributed by atoms with van der Waals surface area (Å²) in [5, 5.41) is 20.7. The van der Waals surface area contributed by atoms with Crippen molar-refractivity contribution < 1.29 is 15.0 Å². The van der Waals surface area contributed by atoms with E-state index in [9.17, 15) is 15.0 Å². The van der Waals surface area contributed by atoms with E-state index >= 15 is 0 Å². The minimum Gasteiger partial charge on any atom is -0.390 e. The maximum Gasteiger partial charge on any atom is 0.159 e. The first-order valence-electron chi connectivity index (χ1n) is 9.89. The number of carbonyl (C=O) groups excluding carboxylic acids is 1. The smallest absolute Gasteiger partial charge is 0.159 e. The molecule has 3 heteroatoms. The van der Waals surface area contributed by atoms with Gasteiger partial charge >= 0.3 is 0 Å². The van der Waals surface area contributed by atoms with Gasteiger partial charge in [-0.2, -0.15) is 0 Å². The van der Waals surface area contributed by atoms with Crippen LogP contribution in [0.3, 0.4) is 0 Å². The van der Waals surface area contributed by atoms with Crippen LogP contribution in [0.4, 0.5) is 0 Å². The van der Waals surface area contributed by atoms with E-state index in [0.717, 1.165) is 50.5 Å². The zero-order valence-electron chi connectivity index (χ0n) is 15.3. The number of ketones is 1. The average molecular weight is 332 g/mol. The quantitative estimate of drug-likeness (QED) is 0.668. The molecule has 0 aliphatic heterocycles. The van der Waals surface area contributed by atoms with Crippen LogP contribution in [-0.2, 0) is 4.79 Å². The topological polar surface area (TPSA) is 57.5 Å². The Labute approximate surface area is 145 Å². The fourth-order valence-corrected chi connectivity index (χ4v) is 7.46. The molecule has 0 bridgehead atoms. The van der Waals surface area contributed by atoms with Crippen molar-refractivity contribution >= 4 is 5.78 Å². The van der Waals surface area contributed by atoms with E-state index in [1.54, 1.807) is 0 Å². The van der Waals surface area contributed by atoms with Gasteiger partial charge in [-0.1, -0.05) is 19.9 Å². The van der Waals surface area contributed by atoms with Gasteiger partial charge in [-0.15, -0.1) is 0 Å². The van der Waals surface area contributed by atoms with E-state index in [-0.39, 0.29) is 16.7 Å². The summed E-state index contributed by atoms with van der Waals surface area (Å²) >= 11 is 0. The van der Waals surface area contributed by atoms with Crippen LogP contribution in [0, 0.1) is 34.5 Å². The Bertz CT molecular complexity index is 582. The average Bonchev–Trinajstić information content (AvgIpc) is 2.81. The molecule has 8 atom stereocenters. The second kappa shape index (κ2) is 5.41. The number of fused-ring (bicyclic) bond motifs is 5. The maximum absolute atomic E-state index is 12.6. The third-order valence-electron chi connectivity index (χ3n) is 8.73. The number of allylic oxidation sites excluding steroid dienone is 2. The largest absolute Gasteiger partial charge is 0.390 e. The minimum absolute atomic E-state index is 0.0724. The molecule has 0 aromatic heterocycles. The lowest BCUT2D eigenvalue weighted by Crippen LogP contribution is -2.57. The van der Waals surface area contributed by atoms with Gasteiger partial charge in [-0.3, -0.25) is 4.79 Å². The van der Waals surface area contributed by atoms with Crippen LogP contribution in [0.2, 0.25) is 0 Å². The Morgan fingerprint density at radius 1 is 1.00 bits per heavy atom. The normalized spacial score (nSPS) is 55.9. The number of Topliss-reactive ketones (excluding diaryl/α,β-unsaturated/α-hetero) is 1. The summed E-state index contributed by atoms with van der Waals surface area (Å²) in [6.07, 6.45) is 7.80. The molecule has 24 heavy (non-hydrogen) atoms. The highest BCUT2D eigenvalue weighted by Gasteiger charge is 2.61. The Kier molecular flexibility index (Phi) is 3.78. The molecule has 0 spiro atoms. The van der Waals surface area contributed by atoms with E-state index in [4.69, 9.17) is 0 Å². The van der Waals surface area contributed by atoms with E-state index in [2.05, 4.69) is 19.9 Å². The van der Waals surface area contributed by atoms with Crippen LogP contribution in [0.15, 0.2) is 11.6 Å². The molecular formula is C21H32O3. The minimum atomic E-state index is -0.561. The van der Waals surface area contributed by atoms with E-state index in [1.807, 2.05) is 6.92 Å². The van der Waals surface area contributed by atoms with Gasteiger partial charge in [0.15, 0.2) is 5.78 Å². The van der Waals surface area contributed by atoms with Gasteiger partial charge in [0.05, 0.1) is 12.2 Å². The van der Waals surface area contributed by atoms with Crippen molar-refractivity contribution in [3.05, 3.63) is 11.6 Å². The first-order valence-corrected chi connectivity index (χ1v) is 9.89. The fourth-order valence-electron chi connectivity index (χ4n) is 7.46. The molecule has 8 unspecified atom stereocenters. The Morgan fingerprint density at radius 3 is 2.46 bits per heavy atom. The number of aliphatic hydroxyl groups is 2. The summed E-state index contributed by atoms with van der Waals surface area (Å²) in [6.45, 7) is 6.70. The van der Waals surface area contributed by atoms with E-state index in [1.165, 1.54) is 0 Å². The third kappa shape index (κ3) is 2.00. The van der Waals surface area contributed by atoms with Crippen LogP contribution in [-0.4, -0.2) is 28.2 Å². The third-order valence-corrected chi connectivity index (χ3v) is 8.73. The molecule has 134 valence electrons. The summed E-state index contributed by atoms with van der Waals surface area (Å²) in [5.41, 5.74) is 1.28. The standard InChI is InChI=1S/C21H32O3/c1-4-13-18(23)11-16-12-5-6-15-19(24)17(22)8-10-21(15,3)14(12)7-9-20(13,16)2/h4,12,14-17,19,22,24H,5-11H2,1-3H3. The van der Waals surface area contributed by atoms with Crippen LogP contribution in [0.5, 0.6) is 0 Å². The SMILES string of the molecule is CC=C1C(=O)CC2C3CCC4C(O)C(O)CCC4(C)C3CCC12C. The zero-order valence-corrected chi connectivity index (χ0v) is 15.3. The first kappa shape index (κ1) is 16.8. The lowest BCUT2D eigenvalue weighted by Gasteiger charge is -2.61. The monoisotopic (exact) mass is 332 g/mol. The molecular weight excluding hydrogens is 300 g/mol. The molecule has 3 nitrogen and oxygen atoms in total. The molecule has 4 saturated carbocycles. The van der Waals surface area contributed by atoms with Crippen molar-refractivity contribution in [2.45, 2.75) is 77.9 Å². The molecule has 0 heterocycles. The predicted molar refractivity (Wildman–Crippen MR) is 93.3 cm³/mol. The van der Waals surface area contributed by atoms with Crippen LogP contribution >= 0.6 is 0 Å². The van der Waals surface area contributed by atoms with Crippen molar-refractivity contribution in [1.82, 2.24) is 0 Å². The Hall–Kier alpha value is -0.670. The molecule has 2 N–H and O–H groups in total. The summed E-state index contributed by atoms with van der Waals surface area (Å²) < 4.78 is 0. The molecule has 0 amide bonds. The predicted octanol–water partition coefficient (Wildman–Crippen LogP) is 3.49. The van der Waals surface area contributed by atoms with Crippen LogP contribution in [0.1, 0.15) is 65.7 Å². The van der Waals surface area contributed by atoms with Gasteiger partial charge in [0.2, 0.25) is 0 Å². The maximum atomic E-state index is 12.6. The van der Waals surface area contributed by atoms with Gasteiger partial charge in [0.1, 0.15) is 0 Å².